The Balaban J connectivity index is 2.45. The van der Waals surface area contributed by atoms with Gasteiger partial charge in [0.05, 0.1) is 12.1 Å². The Labute approximate surface area is 240 Å². The number of hydrogen-bond donors (Lipinski definition) is 5. The van der Waals surface area contributed by atoms with Gasteiger partial charge in [-0.1, -0.05) is 50.3 Å². The second-order valence-electron chi connectivity index (χ2n) is 10.5. The highest BCUT2D eigenvalue weighted by Gasteiger charge is 2.37. The van der Waals surface area contributed by atoms with Crippen LogP contribution in [-0.4, -0.2) is 71.7 Å². The van der Waals surface area contributed by atoms with Crippen molar-refractivity contribution in [2.75, 3.05) is 0 Å². The molecule has 0 spiro atoms. The van der Waals surface area contributed by atoms with Gasteiger partial charge in [-0.15, -0.1) is 0 Å². The first-order valence-electron chi connectivity index (χ1n) is 13.6. The van der Waals surface area contributed by atoms with Crippen molar-refractivity contribution in [3.05, 3.63) is 47.7 Å². The largest absolute Gasteiger partial charge is 0.455 e. The first-order valence-corrected chi connectivity index (χ1v) is 13.6. The fraction of sp³-hybridized carbons (Fsp3) is 0.517. The molecule has 0 bridgehead atoms. The Morgan fingerprint density at radius 1 is 0.976 bits per heavy atom. The molecular weight excluding hydrogens is 530 g/mol. The van der Waals surface area contributed by atoms with Crippen molar-refractivity contribution in [3.63, 3.8) is 0 Å². The summed E-state index contributed by atoms with van der Waals surface area (Å²) in [5.74, 6) is -4.14. The first-order chi connectivity index (χ1) is 19.2. The summed E-state index contributed by atoms with van der Waals surface area (Å²) in [5.41, 5.74) is 0.626. The summed E-state index contributed by atoms with van der Waals surface area (Å²) >= 11 is 0. The number of nitrogens with one attached hydrogen (secondary N) is 5. The third-order valence-corrected chi connectivity index (χ3v) is 6.77. The van der Waals surface area contributed by atoms with E-state index in [2.05, 4.69) is 26.6 Å². The molecule has 4 amide bonds. The number of Topliss-reactive ketones (excluding diaryl/α,β-unsaturated/α-hetero) is 1. The lowest BCUT2D eigenvalue weighted by Crippen LogP contribution is -2.62. The van der Waals surface area contributed by atoms with Crippen LogP contribution < -0.4 is 26.6 Å². The number of amides is 4. The van der Waals surface area contributed by atoms with Crippen molar-refractivity contribution in [1.82, 2.24) is 26.6 Å². The van der Waals surface area contributed by atoms with Gasteiger partial charge in [-0.25, -0.2) is 4.79 Å². The first kappa shape index (κ1) is 33.1. The number of ketones is 1. The standard InChI is InChI=1S/C29H41N5O7/c1-8-21-29(40)41-19(7)24(28(39)33-23(15(2)3)27(38)31-17(5)25(36)32-21)34-26(37)22(30-16(4)18(6)35)14-20-12-10-9-11-13-20/h8-13,15-17,19,22-24,30H,14H2,1-7H3,(H,31,38)(H,32,36)(H,33,39)(H,34,37). The highest BCUT2D eigenvalue weighted by Crippen LogP contribution is 2.11. The number of carbonyl (C=O) groups excluding carboxylic acids is 6. The van der Waals surface area contributed by atoms with Crippen LogP contribution in [0, 0.1) is 5.92 Å². The van der Waals surface area contributed by atoms with Gasteiger partial charge >= 0.3 is 5.97 Å². The van der Waals surface area contributed by atoms with Crippen molar-refractivity contribution in [2.45, 2.75) is 91.2 Å². The Morgan fingerprint density at radius 3 is 2.17 bits per heavy atom. The van der Waals surface area contributed by atoms with Gasteiger partial charge in [-0.2, -0.15) is 0 Å². The normalized spacial score (nSPS) is 24.9. The zero-order chi connectivity index (χ0) is 30.9. The average Bonchev–Trinajstić information content (AvgIpc) is 2.92. The number of allylic oxidation sites excluding steroid dienone is 1. The predicted molar refractivity (Wildman–Crippen MR) is 151 cm³/mol. The molecule has 6 unspecified atom stereocenters. The molecule has 5 N–H and O–H groups in total. The van der Waals surface area contributed by atoms with Crippen molar-refractivity contribution in [2.24, 2.45) is 5.92 Å². The molecule has 41 heavy (non-hydrogen) atoms. The minimum Gasteiger partial charge on any atom is -0.455 e. The van der Waals surface area contributed by atoms with E-state index in [1.165, 1.54) is 33.8 Å². The van der Waals surface area contributed by atoms with E-state index in [9.17, 15) is 28.8 Å². The molecule has 1 heterocycles. The predicted octanol–water partition coefficient (Wildman–Crippen LogP) is 0.260. The smallest absolute Gasteiger partial charge is 0.354 e. The number of ether oxygens (including phenoxy) is 1. The van der Waals surface area contributed by atoms with Crippen molar-refractivity contribution in [1.29, 1.82) is 0 Å². The van der Waals surface area contributed by atoms with E-state index in [-0.39, 0.29) is 23.8 Å². The maximum absolute atomic E-state index is 13.6. The van der Waals surface area contributed by atoms with Crippen LogP contribution in [0.15, 0.2) is 42.1 Å². The van der Waals surface area contributed by atoms with Gasteiger partial charge in [0.1, 0.15) is 35.7 Å². The number of esters is 1. The number of benzene rings is 1. The van der Waals surface area contributed by atoms with Gasteiger partial charge < -0.3 is 26.0 Å². The van der Waals surface area contributed by atoms with Crippen LogP contribution in [0.25, 0.3) is 0 Å². The van der Waals surface area contributed by atoms with E-state index in [1.54, 1.807) is 20.8 Å². The summed E-state index contributed by atoms with van der Waals surface area (Å²) < 4.78 is 5.50. The molecule has 0 saturated carbocycles. The Bertz CT molecular complexity index is 1170. The highest BCUT2D eigenvalue weighted by molar-refractivity contribution is 5.99. The number of hydrogen-bond acceptors (Lipinski definition) is 8. The minimum absolute atomic E-state index is 0.182. The zero-order valence-electron chi connectivity index (χ0n) is 24.6. The lowest BCUT2D eigenvalue weighted by Gasteiger charge is -2.30. The second kappa shape index (κ2) is 15.1. The lowest BCUT2D eigenvalue weighted by molar-refractivity contribution is -0.149. The Hall–Kier alpha value is -4.06. The van der Waals surface area contributed by atoms with E-state index < -0.39 is 65.9 Å². The second-order valence-corrected chi connectivity index (χ2v) is 10.5. The lowest BCUT2D eigenvalue weighted by atomic mass is 10.0. The average molecular weight is 572 g/mol. The van der Waals surface area contributed by atoms with Crippen LogP contribution in [-0.2, 0) is 39.9 Å². The fourth-order valence-electron chi connectivity index (χ4n) is 4.08. The van der Waals surface area contributed by atoms with E-state index in [4.69, 9.17) is 4.74 Å². The highest BCUT2D eigenvalue weighted by atomic mass is 16.5. The Kier molecular flexibility index (Phi) is 12.2. The molecule has 0 aromatic heterocycles. The van der Waals surface area contributed by atoms with Gasteiger partial charge in [0.2, 0.25) is 23.6 Å². The molecule has 1 saturated heterocycles. The number of cyclic esters (lactones) is 1. The van der Waals surface area contributed by atoms with Crippen LogP contribution in [0.1, 0.15) is 54.0 Å². The van der Waals surface area contributed by atoms with Crippen molar-refractivity contribution in [3.8, 4) is 0 Å². The molecule has 6 atom stereocenters. The summed E-state index contributed by atoms with van der Waals surface area (Å²) in [5, 5.41) is 13.3. The van der Waals surface area contributed by atoms with E-state index in [0.29, 0.717) is 0 Å². The van der Waals surface area contributed by atoms with Crippen LogP contribution >= 0.6 is 0 Å². The van der Waals surface area contributed by atoms with Crippen LogP contribution in [0.4, 0.5) is 0 Å². The monoisotopic (exact) mass is 571 g/mol. The zero-order valence-corrected chi connectivity index (χ0v) is 24.6. The summed E-state index contributed by atoms with van der Waals surface area (Å²) in [6, 6.07) is 4.05. The molecule has 0 aliphatic carbocycles. The molecular formula is C29H41N5O7. The molecule has 12 nitrogen and oxygen atoms in total. The third-order valence-electron chi connectivity index (χ3n) is 6.77. The van der Waals surface area contributed by atoms with E-state index in [0.717, 1.165) is 5.56 Å². The number of carbonyl (C=O) groups is 6. The topological polar surface area (TPSA) is 172 Å². The van der Waals surface area contributed by atoms with Gasteiger partial charge in [0, 0.05) is 0 Å². The molecule has 12 heteroatoms. The van der Waals surface area contributed by atoms with Crippen molar-refractivity contribution < 1.29 is 33.5 Å². The van der Waals surface area contributed by atoms with Crippen LogP contribution in [0.3, 0.4) is 0 Å². The summed E-state index contributed by atoms with van der Waals surface area (Å²) in [6.45, 7) is 10.8. The minimum atomic E-state index is -1.42. The van der Waals surface area contributed by atoms with Gasteiger partial charge in [0.25, 0.3) is 0 Å². The van der Waals surface area contributed by atoms with E-state index >= 15 is 0 Å². The summed E-state index contributed by atoms with van der Waals surface area (Å²) in [7, 11) is 0. The summed E-state index contributed by atoms with van der Waals surface area (Å²) in [6.07, 6.45) is 0.320. The molecule has 1 aromatic rings. The molecule has 224 valence electrons. The van der Waals surface area contributed by atoms with E-state index in [1.807, 2.05) is 30.3 Å². The quantitative estimate of drug-likeness (QED) is 0.218. The van der Waals surface area contributed by atoms with Crippen LogP contribution in [0.5, 0.6) is 0 Å². The van der Waals surface area contributed by atoms with Gasteiger partial charge in [-0.3, -0.25) is 29.3 Å². The SMILES string of the molecule is CC=C1NC(=O)C(C)NC(=O)C(C(C)C)NC(=O)C(NC(=O)C(Cc2ccccc2)NC(C)C(C)=O)C(C)OC1=O. The molecule has 2 rings (SSSR count). The molecule has 1 fully saturated rings. The third kappa shape index (κ3) is 9.52. The van der Waals surface area contributed by atoms with Gasteiger partial charge in [0.15, 0.2) is 0 Å². The molecule has 1 aromatic carbocycles. The van der Waals surface area contributed by atoms with Crippen molar-refractivity contribution >= 4 is 35.4 Å². The maximum atomic E-state index is 13.6. The number of rotatable bonds is 8. The molecule has 0 radical (unpaired) electrons. The maximum Gasteiger partial charge on any atom is 0.354 e. The molecule has 1 aliphatic heterocycles. The van der Waals surface area contributed by atoms with Crippen LogP contribution in [0.2, 0.25) is 0 Å². The van der Waals surface area contributed by atoms with Gasteiger partial charge in [-0.05, 0) is 52.5 Å². The summed E-state index contributed by atoms with van der Waals surface area (Å²) in [4.78, 5) is 77.7. The molecule has 1 aliphatic rings. The fourth-order valence-corrected chi connectivity index (χ4v) is 4.08. The Morgan fingerprint density at radius 2 is 1.61 bits per heavy atom.